The number of aromatic amines is 1. The highest BCUT2D eigenvalue weighted by Gasteiger charge is 2.30. The van der Waals surface area contributed by atoms with Crippen LogP contribution in [0.5, 0.6) is 0 Å². The summed E-state index contributed by atoms with van der Waals surface area (Å²) in [5, 5.41) is 6.63. The van der Waals surface area contributed by atoms with Crippen LogP contribution in [0.3, 0.4) is 0 Å². The molecule has 0 saturated carbocycles. The number of H-pyrrole nitrogens is 1. The summed E-state index contributed by atoms with van der Waals surface area (Å²) in [7, 11) is 0. The van der Waals surface area contributed by atoms with E-state index in [2.05, 4.69) is 15.2 Å². The van der Waals surface area contributed by atoms with Crippen LogP contribution < -0.4 is 5.73 Å². The Morgan fingerprint density at radius 2 is 1.58 bits per heavy atom. The molecule has 4 nitrogen and oxygen atoms in total. The number of rotatable bonds is 3. The highest BCUT2D eigenvalue weighted by molar-refractivity contribution is 5.55. The minimum atomic E-state index is -4.40. The van der Waals surface area contributed by atoms with Crippen LogP contribution in [-0.2, 0) is 6.18 Å². The van der Waals surface area contributed by atoms with Crippen molar-refractivity contribution in [3.63, 3.8) is 0 Å². The van der Waals surface area contributed by atoms with E-state index < -0.39 is 17.8 Å². The lowest BCUT2D eigenvalue weighted by molar-refractivity contribution is -0.137. The number of alkyl halides is 3. The van der Waals surface area contributed by atoms with E-state index in [4.69, 9.17) is 5.73 Å². The van der Waals surface area contributed by atoms with Crippen molar-refractivity contribution in [2.45, 2.75) is 12.2 Å². The van der Waals surface area contributed by atoms with Gasteiger partial charge in [-0.25, -0.2) is 9.37 Å². The predicted molar refractivity (Wildman–Crippen MR) is 79.3 cm³/mol. The Morgan fingerprint density at radius 3 is 2.17 bits per heavy atom. The molecule has 0 fully saturated rings. The SMILES string of the molecule is N[C@@H](c1ccc(F)cc1)c1nc(-c2ccc(C(F)(F)F)cc2)n[nH]1. The summed E-state index contributed by atoms with van der Waals surface area (Å²) in [4.78, 5) is 4.20. The number of nitrogens with zero attached hydrogens (tertiary/aromatic N) is 2. The van der Waals surface area contributed by atoms with Gasteiger partial charge in [-0.3, -0.25) is 5.10 Å². The first-order chi connectivity index (χ1) is 11.3. The zero-order valence-corrected chi connectivity index (χ0v) is 12.2. The average Bonchev–Trinajstić information content (AvgIpc) is 3.04. The Hall–Kier alpha value is -2.74. The van der Waals surface area contributed by atoms with Crippen molar-refractivity contribution in [3.05, 3.63) is 71.3 Å². The van der Waals surface area contributed by atoms with Crippen molar-refractivity contribution < 1.29 is 17.6 Å². The second-order valence-electron chi connectivity index (χ2n) is 5.15. The molecule has 0 spiro atoms. The van der Waals surface area contributed by atoms with Gasteiger partial charge in [0.25, 0.3) is 0 Å². The second kappa shape index (κ2) is 6.04. The van der Waals surface area contributed by atoms with Crippen molar-refractivity contribution in [1.82, 2.24) is 15.2 Å². The average molecular weight is 336 g/mol. The third kappa shape index (κ3) is 3.28. The third-order valence-corrected chi connectivity index (χ3v) is 3.50. The van der Waals surface area contributed by atoms with Crippen molar-refractivity contribution in [3.8, 4) is 11.4 Å². The van der Waals surface area contributed by atoms with Crippen LogP contribution >= 0.6 is 0 Å². The molecular weight excluding hydrogens is 324 g/mol. The molecule has 3 aromatic rings. The molecule has 0 radical (unpaired) electrons. The molecule has 0 aliphatic heterocycles. The van der Waals surface area contributed by atoms with E-state index in [1.807, 2.05) is 0 Å². The van der Waals surface area contributed by atoms with Crippen LogP contribution in [0, 0.1) is 5.82 Å². The maximum absolute atomic E-state index is 12.9. The molecule has 1 atom stereocenters. The summed E-state index contributed by atoms with van der Waals surface area (Å²) in [5.74, 6) is 0.182. The highest BCUT2D eigenvalue weighted by Crippen LogP contribution is 2.30. The zero-order valence-electron chi connectivity index (χ0n) is 12.2. The fourth-order valence-electron chi connectivity index (χ4n) is 2.18. The molecule has 2 aromatic carbocycles. The molecule has 0 amide bonds. The lowest BCUT2D eigenvalue weighted by Gasteiger charge is -2.08. The minimum Gasteiger partial charge on any atom is -0.318 e. The van der Waals surface area contributed by atoms with Crippen molar-refractivity contribution >= 4 is 0 Å². The number of nitrogens with one attached hydrogen (secondary N) is 1. The van der Waals surface area contributed by atoms with Gasteiger partial charge >= 0.3 is 6.18 Å². The molecule has 0 unspecified atom stereocenters. The van der Waals surface area contributed by atoms with E-state index in [9.17, 15) is 17.6 Å². The van der Waals surface area contributed by atoms with Gasteiger partial charge in [0.05, 0.1) is 11.6 Å². The summed E-state index contributed by atoms with van der Waals surface area (Å²) >= 11 is 0. The van der Waals surface area contributed by atoms with Crippen molar-refractivity contribution in [2.24, 2.45) is 5.73 Å². The first-order valence-corrected chi connectivity index (χ1v) is 6.95. The number of hydrogen-bond acceptors (Lipinski definition) is 3. The summed E-state index contributed by atoms with van der Waals surface area (Å²) in [6.07, 6.45) is -4.40. The normalized spacial score (nSPS) is 13.0. The summed E-state index contributed by atoms with van der Waals surface area (Å²) < 4.78 is 50.6. The van der Waals surface area contributed by atoms with Gasteiger partial charge in [-0.15, -0.1) is 0 Å². The Bertz CT molecular complexity index is 823. The van der Waals surface area contributed by atoms with Gasteiger partial charge in [0.2, 0.25) is 0 Å². The van der Waals surface area contributed by atoms with Gasteiger partial charge in [-0.2, -0.15) is 18.3 Å². The third-order valence-electron chi connectivity index (χ3n) is 3.50. The molecule has 0 aliphatic rings. The van der Waals surface area contributed by atoms with Crippen LogP contribution in [0.4, 0.5) is 17.6 Å². The van der Waals surface area contributed by atoms with E-state index in [1.165, 1.54) is 36.4 Å². The maximum atomic E-state index is 12.9. The lowest BCUT2D eigenvalue weighted by Crippen LogP contribution is -2.13. The molecule has 0 saturated heterocycles. The first kappa shape index (κ1) is 16.1. The first-order valence-electron chi connectivity index (χ1n) is 6.95. The van der Waals surface area contributed by atoms with Crippen LogP contribution in [-0.4, -0.2) is 15.2 Å². The molecule has 1 heterocycles. The maximum Gasteiger partial charge on any atom is 0.416 e. The highest BCUT2D eigenvalue weighted by atomic mass is 19.4. The largest absolute Gasteiger partial charge is 0.416 e. The number of hydrogen-bond donors (Lipinski definition) is 2. The van der Waals surface area contributed by atoms with Gasteiger partial charge in [0.15, 0.2) is 5.82 Å². The van der Waals surface area contributed by atoms with Gasteiger partial charge in [-0.1, -0.05) is 24.3 Å². The second-order valence-corrected chi connectivity index (χ2v) is 5.15. The molecule has 24 heavy (non-hydrogen) atoms. The standard InChI is InChI=1S/C16H12F4N4/c17-12-7-3-9(4-8-12)13(21)15-22-14(23-24-15)10-1-5-11(6-2-10)16(18,19)20/h1-8,13H,21H2,(H,22,23,24)/t13-/m0/s1. The van der Waals surface area contributed by atoms with Gasteiger partial charge < -0.3 is 5.73 Å². The Kier molecular flexibility index (Phi) is 4.06. The molecule has 3 rings (SSSR count). The monoisotopic (exact) mass is 336 g/mol. The van der Waals surface area contributed by atoms with Gasteiger partial charge in [-0.05, 0) is 29.8 Å². The number of halogens is 4. The Balaban J connectivity index is 1.83. The van der Waals surface area contributed by atoms with E-state index in [0.29, 0.717) is 17.0 Å². The molecule has 0 bridgehead atoms. The Labute approximate surface area is 134 Å². The predicted octanol–water partition coefficient (Wildman–Crippen LogP) is 3.68. The molecule has 3 N–H and O–H groups in total. The smallest absolute Gasteiger partial charge is 0.318 e. The molecule has 124 valence electrons. The summed E-state index contributed by atoms with van der Waals surface area (Å²) in [6, 6.07) is 9.47. The van der Waals surface area contributed by atoms with Crippen LogP contribution in [0.25, 0.3) is 11.4 Å². The fraction of sp³-hybridized carbons (Fsp3) is 0.125. The van der Waals surface area contributed by atoms with Crippen LogP contribution in [0.15, 0.2) is 48.5 Å². The van der Waals surface area contributed by atoms with Crippen molar-refractivity contribution in [2.75, 3.05) is 0 Å². The number of benzene rings is 2. The zero-order chi connectivity index (χ0) is 17.3. The Morgan fingerprint density at radius 1 is 0.958 bits per heavy atom. The molecular formula is C16H12F4N4. The van der Waals surface area contributed by atoms with Gasteiger partial charge in [0.1, 0.15) is 11.6 Å². The summed E-state index contributed by atoms with van der Waals surface area (Å²) in [5.41, 5.74) is 6.35. The summed E-state index contributed by atoms with van der Waals surface area (Å²) in [6.45, 7) is 0. The lowest BCUT2D eigenvalue weighted by atomic mass is 10.1. The van der Waals surface area contributed by atoms with Crippen LogP contribution in [0.2, 0.25) is 0 Å². The molecule has 1 aromatic heterocycles. The molecule has 8 heteroatoms. The van der Waals surface area contributed by atoms with Gasteiger partial charge in [0, 0.05) is 5.56 Å². The van der Waals surface area contributed by atoms with E-state index in [0.717, 1.165) is 12.1 Å². The van der Waals surface area contributed by atoms with E-state index in [1.54, 1.807) is 0 Å². The molecule has 0 aliphatic carbocycles. The van der Waals surface area contributed by atoms with E-state index >= 15 is 0 Å². The fourth-order valence-corrected chi connectivity index (χ4v) is 2.18. The topological polar surface area (TPSA) is 67.6 Å². The van der Waals surface area contributed by atoms with Crippen molar-refractivity contribution in [1.29, 1.82) is 0 Å². The minimum absolute atomic E-state index is 0.233. The number of aromatic nitrogens is 3. The van der Waals surface area contributed by atoms with Crippen LogP contribution in [0.1, 0.15) is 23.0 Å². The quantitative estimate of drug-likeness (QED) is 0.717. The number of nitrogens with two attached hydrogens (primary N) is 1. The van der Waals surface area contributed by atoms with E-state index in [-0.39, 0.29) is 11.6 Å².